The lowest BCUT2D eigenvalue weighted by molar-refractivity contribution is -0.162. The second-order valence-electron chi connectivity index (χ2n) is 3.35. The summed E-state index contributed by atoms with van der Waals surface area (Å²) in [4.78, 5) is 23.6. The molecule has 0 aromatic heterocycles. The van der Waals surface area contributed by atoms with Crippen molar-refractivity contribution in [3.63, 3.8) is 0 Å². The molecule has 0 aromatic carbocycles. The molecule has 0 heterocycles. The zero-order valence-corrected chi connectivity index (χ0v) is 9.24. The smallest absolute Gasteiger partial charge is 0.332 e. The van der Waals surface area contributed by atoms with E-state index in [9.17, 15) is 9.59 Å². The standard InChI is InChI=1S/C10H16N2O3/c1-6-8(13)15-10(3,12(4)5)7(2)9(11)14/h6H,1-2H2,3-5H3,(H2,11,14). The highest BCUT2D eigenvalue weighted by molar-refractivity contribution is 5.94. The molecule has 5 nitrogen and oxygen atoms in total. The predicted octanol–water partition coefficient (Wildman–Crippen LogP) is 0.0349. The van der Waals surface area contributed by atoms with Crippen LogP contribution in [0.3, 0.4) is 0 Å². The average molecular weight is 212 g/mol. The summed E-state index contributed by atoms with van der Waals surface area (Å²) in [6, 6.07) is 0. The maximum atomic E-state index is 11.1. The van der Waals surface area contributed by atoms with E-state index < -0.39 is 17.6 Å². The number of amides is 1. The molecule has 0 bridgehead atoms. The third-order valence-electron chi connectivity index (χ3n) is 2.18. The van der Waals surface area contributed by atoms with Crippen LogP contribution < -0.4 is 5.73 Å². The molecule has 0 saturated carbocycles. The minimum Gasteiger partial charge on any atom is -0.436 e. The highest BCUT2D eigenvalue weighted by atomic mass is 16.6. The molecule has 0 fully saturated rings. The number of primary amides is 1. The van der Waals surface area contributed by atoms with Gasteiger partial charge in [-0.1, -0.05) is 13.2 Å². The molecule has 0 rings (SSSR count). The van der Waals surface area contributed by atoms with Crippen molar-refractivity contribution in [2.75, 3.05) is 14.1 Å². The highest BCUT2D eigenvalue weighted by Gasteiger charge is 2.36. The van der Waals surface area contributed by atoms with Crippen LogP contribution in [0.25, 0.3) is 0 Å². The van der Waals surface area contributed by atoms with Crippen molar-refractivity contribution in [1.82, 2.24) is 4.90 Å². The number of carbonyl (C=O) groups is 2. The van der Waals surface area contributed by atoms with Crippen molar-refractivity contribution in [3.05, 3.63) is 24.8 Å². The van der Waals surface area contributed by atoms with Crippen molar-refractivity contribution in [2.24, 2.45) is 5.73 Å². The van der Waals surface area contributed by atoms with Gasteiger partial charge < -0.3 is 10.5 Å². The van der Waals surface area contributed by atoms with E-state index in [4.69, 9.17) is 10.5 Å². The van der Waals surface area contributed by atoms with Crippen LogP contribution in [0, 0.1) is 0 Å². The summed E-state index contributed by atoms with van der Waals surface area (Å²) in [6.07, 6.45) is 1.01. The summed E-state index contributed by atoms with van der Waals surface area (Å²) >= 11 is 0. The molecular weight excluding hydrogens is 196 g/mol. The Balaban J connectivity index is 5.06. The molecule has 0 aromatic rings. The summed E-state index contributed by atoms with van der Waals surface area (Å²) in [7, 11) is 3.29. The van der Waals surface area contributed by atoms with Gasteiger partial charge in [0.25, 0.3) is 0 Å². The number of rotatable bonds is 5. The molecule has 0 saturated heterocycles. The van der Waals surface area contributed by atoms with E-state index in [-0.39, 0.29) is 5.57 Å². The minimum atomic E-state index is -1.25. The summed E-state index contributed by atoms with van der Waals surface area (Å²) < 4.78 is 5.04. The molecule has 1 unspecified atom stereocenters. The molecule has 84 valence electrons. The third-order valence-corrected chi connectivity index (χ3v) is 2.18. The van der Waals surface area contributed by atoms with Gasteiger partial charge in [0.15, 0.2) is 5.72 Å². The highest BCUT2D eigenvalue weighted by Crippen LogP contribution is 2.22. The lowest BCUT2D eigenvalue weighted by atomic mass is 10.1. The van der Waals surface area contributed by atoms with Crippen molar-refractivity contribution in [3.8, 4) is 0 Å². The van der Waals surface area contributed by atoms with Crippen LogP contribution in [-0.4, -0.2) is 36.6 Å². The number of carbonyl (C=O) groups excluding carboxylic acids is 2. The zero-order valence-electron chi connectivity index (χ0n) is 9.24. The molecule has 15 heavy (non-hydrogen) atoms. The van der Waals surface area contributed by atoms with Gasteiger partial charge in [-0.25, -0.2) is 4.79 Å². The summed E-state index contributed by atoms with van der Waals surface area (Å²) in [6.45, 7) is 8.31. The Morgan fingerprint density at radius 3 is 2.20 bits per heavy atom. The van der Waals surface area contributed by atoms with Gasteiger partial charge in [-0.05, 0) is 21.0 Å². The maximum absolute atomic E-state index is 11.1. The summed E-state index contributed by atoms with van der Waals surface area (Å²) in [5, 5.41) is 0. The molecule has 5 heteroatoms. The third kappa shape index (κ3) is 2.92. The fraction of sp³-hybridized carbons (Fsp3) is 0.400. The second-order valence-corrected chi connectivity index (χ2v) is 3.35. The van der Waals surface area contributed by atoms with Gasteiger partial charge in [0.1, 0.15) is 0 Å². The number of nitrogens with zero attached hydrogens (tertiary/aromatic N) is 1. The van der Waals surface area contributed by atoms with E-state index in [1.54, 1.807) is 14.1 Å². The lowest BCUT2D eigenvalue weighted by Crippen LogP contribution is -2.49. The minimum absolute atomic E-state index is 0.00250. The Labute approximate surface area is 89.2 Å². The first-order valence-corrected chi connectivity index (χ1v) is 4.27. The molecule has 1 amide bonds. The fourth-order valence-electron chi connectivity index (χ4n) is 0.889. The molecular formula is C10H16N2O3. The Bertz CT molecular complexity index is 310. The van der Waals surface area contributed by atoms with E-state index in [1.807, 2.05) is 0 Å². The molecule has 0 spiro atoms. The van der Waals surface area contributed by atoms with Gasteiger partial charge in [0.05, 0.1) is 5.57 Å². The quantitative estimate of drug-likeness (QED) is 0.396. The maximum Gasteiger partial charge on any atom is 0.332 e. The number of nitrogens with two attached hydrogens (primary N) is 1. The Kier molecular flexibility index (Phi) is 4.23. The van der Waals surface area contributed by atoms with E-state index in [0.717, 1.165) is 6.08 Å². The number of ether oxygens (including phenoxy) is 1. The Morgan fingerprint density at radius 2 is 1.93 bits per heavy atom. The van der Waals surface area contributed by atoms with Gasteiger partial charge >= 0.3 is 5.97 Å². The molecule has 1 atom stereocenters. The number of hydrogen-bond donors (Lipinski definition) is 1. The van der Waals surface area contributed by atoms with Gasteiger partial charge in [-0.15, -0.1) is 0 Å². The first-order valence-electron chi connectivity index (χ1n) is 4.27. The average Bonchev–Trinajstić information content (AvgIpc) is 2.15. The van der Waals surface area contributed by atoms with E-state index in [0.29, 0.717) is 0 Å². The predicted molar refractivity (Wildman–Crippen MR) is 56.7 cm³/mol. The Morgan fingerprint density at radius 1 is 1.47 bits per heavy atom. The van der Waals surface area contributed by atoms with Crippen LogP contribution in [-0.2, 0) is 14.3 Å². The number of esters is 1. The van der Waals surface area contributed by atoms with Crippen LogP contribution in [0.1, 0.15) is 6.92 Å². The van der Waals surface area contributed by atoms with E-state index in [1.165, 1.54) is 11.8 Å². The fourth-order valence-corrected chi connectivity index (χ4v) is 0.889. The number of likely N-dealkylation sites (N-methyl/N-ethyl adjacent to an activating group) is 1. The monoisotopic (exact) mass is 212 g/mol. The van der Waals surface area contributed by atoms with Crippen molar-refractivity contribution >= 4 is 11.9 Å². The number of hydrogen-bond acceptors (Lipinski definition) is 4. The zero-order chi connectivity index (χ0) is 12.2. The van der Waals surface area contributed by atoms with E-state index >= 15 is 0 Å². The molecule has 0 aliphatic heterocycles. The molecule has 0 radical (unpaired) electrons. The van der Waals surface area contributed by atoms with Gasteiger partial charge in [0.2, 0.25) is 5.91 Å². The van der Waals surface area contributed by atoms with Gasteiger partial charge in [0, 0.05) is 6.08 Å². The molecule has 0 aliphatic rings. The van der Waals surface area contributed by atoms with Crippen LogP contribution in [0.2, 0.25) is 0 Å². The van der Waals surface area contributed by atoms with Crippen molar-refractivity contribution in [2.45, 2.75) is 12.6 Å². The summed E-state index contributed by atoms with van der Waals surface area (Å²) in [5.74, 6) is -1.36. The van der Waals surface area contributed by atoms with Crippen molar-refractivity contribution < 1.29 is 14.3 Å². The van der Waals surface area contributed by atoms with Crippen LogP contribution in [0.5, 0.6) is 0 Å². The van der Waals surface area contributed by atoms with Crippen LogP contribution >= 0.6 is 0 Å². The van der Waals surface area contributed by atoms with Gasteiger partial charge in [-0.2, -0.15) is 0 Å². The Hall–Kier alpha value is -1.62. The van der Waals surface area contributed by atoms with Crippen molar-refractivity contribution in [1.29, 1.82) is 0 Å². The van der Waals surface area contributed by atoms with Gasteiger partial charge in [-0.3, -0.25) is 9.69 Å². The largest absolute Gasteiger partial charge is 0.436 e. The first kappa shape index (κ1) is 13.4. The van der Waals surface area contributed by atoms with E-state index in [2.05, 4.69) is 13.2 Å². The topological polar surface area (TPSA) is 72.6 Å². The normalized spacial score (nSPS) is 14.1. The first-order chi connectivity index (χ1) is 6.75. The lowest BCUT2D eigenvalue weighted by Gasteiger charge is -2.35. The SMILES string of the molecule is C=CC(=O)OC(C)(C(=C)C(N)=O)N(C)C. The van der Waals surface area contributed by atoms with Crippen LogP contribution in [0.15, 0.2) is 24.8 Å². The molecule has 2 N–H and O–H groups in total. The molecule has 0 aliphatic carbocycles. The second kappa shape index (κ2) is 4.75. The van der Waals surface area contributed by atoms with Crippen LogP contribution in [0.4, 0.5) is 0 Å². The summed E-state index contributed by atoms with van der Waals surface area (Å²) in [5.41, 5.74) is 3.84.